The zero-order chi connectivity index (χ0) is 16.6. The van der Waals surface area contributed by atoms with Gasteiger partial charge in [-0.1, -0.05) is 18.2 Å². The van der Waals surface area contributed by atoms with Crippen molar-refractivity contribution in [3.63, 3.8) is 0 Å². The molecule has 0 bridgehead atoms. The number of benzene rings is 1. The molecule has 132 valence electrons. The highest BCUT2D eigenvalue weighted by atomic mass is 32.2. The first kappa shape index (κ1) is 16.5. The predicted octanol–water partition coefficient (Wildman–Crippen LogP) is 2.43. The molecule has 0 radical (unpaired) electrons. The maximum Gasteiger partial charge on any atom is 0.243 e. The summed E-state index contributed by atoms with van der Waals surface area (Å²) in [5.74, 6) is 0.739. The first-order valence-corrected chi connectivity index (χ1v) is 10.3. The van der Waals surface area contributed by atoms with Crippen molar-refractivity contribution in [2.24, 2.45) is 5.92 Å². The summed E-state index contributed by atoms with van der Waals surface area (Å²) in [4.78, 5) is 0.363. The molecule has 3 aliphatic rings. The van der Waals surface area contributed by atoms with Crippen LogP contribution < -0.4 is 0 Å². The van der Waals surface area contributed by atoms with Gasteiger partial charge in [0, 0.05) is 26.1 Å². The van der Waals surface area contributed by atoms with E-state index in [4.69, 9.17) is 9.47 Å². The smallest absolute Gasteiger partial charge is 0.243 e. The molecule has 0 aromatic heterocycles. The fourth-order valence-electron chi connectivity index (χ4n) is 3.75. The summed E-state index contributed by atoms with van der Waals surface area (Å²) in [6, 6.07) is 8.68. The lowest BCUT2D eigenvalue weighted by atomic mass is 9.90. The Morgan fingerprint density at radius 3 is 2.79 bits per heavy atom. The van der Waals surface area contributed by atoms with Crippen molar-refractivity contribution in [3.8, 4) is 0 Å². The average molecular weight is 351 g/mol. The van der Waals surface area contributed by atoms with Crippen LogP contribution in [0.5, 0.6) is 0 Å². The summed E-state index contributed by atoms with van der Waals surface area (Å²) in [6.07, 6.45) is 5.23. The number of rotatable bonds is 5. The number of nitrogens with zero attached hydrogens (tertiary/aromatic N) is 1. The second kappa shape index (κ2) is 6.41. The van der Waals surface area contributed by atoms with Gasteiger partial charge >= 0.3 is 0 Å². The number of hydrogen-bond acceptors (Lipinski definition) is 4. The Morgan fingerprint density at radius 1 is 1.25 bits per heavy atom. The molecule has 3 fully saturated rings. The van der Waals surface area contributed by atoms with Gasteiger partial charge in [-0.25, -0.2) is 8.42 Å². The molecule has 4 rings (SSSR count). The molecule has 1 aromatic carbocycles. The van der Waals surface area contributed by atoms with Gasteiger partial charge in [-0.05, 0) is 43.7 Å². The molecule has 1 aliphatic carbocycles. The third-order valence-corrected chi connectivity index (χ3v) is 7.18. The van der Waals surface area contributed by atoms with Crippen molar-refractivity contribution < 1.29 is 17.9 Å². The zero-order valence-electron chi connectivity index (χ0n) is 13.9. The largest absolute Gasteiger partial charge is 0.375 e. The summed E-state index contributed by atoms with van der Waals surface area (Å²) in [7, 11) is -3.45. The number of sulfonamides is 1. The molecule has 0 unspecified atom stereocenters. The van der Waals surface area contributed by atoms with E-state index in [1.165, 1.54) is 12.8 Å². The summed E-state index contributed by atoms with van der Waals surface area (Å²) in [5, 5.41) is 0. The molecular weight excluding hydrogens is 326 g/mol. The molecule has 24 heavy (non-hydrogen) atoms. The molecule has 0 amide bonds. The molecular formula is C18H25NO4S. The Bertz CT molecular complexity index is 674. The summed E-state index contributed by atoms with van der Waals surface area (Å²) in [5.41, 5.74) is -0.367. The van der Waals surface area contributed by atoms with Crippen molar-refractivity contribution in [2.45, 2.75) is 48.7 Å². The van der Waals surface area contributed by atoms with E-state index in [0.29, 0.717) is 24.6 Å². The minimum atomic E-state index is -3.45. The van der Waals surface area contributed by atoms with Crippen LogP contribution in [0.4, 0.5) is 0 Å². The fourth-order valence-corrected chi connectivity index (χ4v) is 5.33. The van der Waals surface area contributed by atoms with Crippen LogP contribution >= 0.6 is 0 Å². The Hall–Kier alpha value is -0.950. The highest BCUT2D eigenvalue weighted by molar-refractivity contribution is 7.89. The highest BCUT2D eigenvalue weighted by Crippen LogP contribution is 2.38. The van der Waals surface area contributed by atoms with Crippen molar-refractivity contribution >= 4 is 10.0 Å². The molecule has 2 aliphatic heterocycles. The van der Waals surface area contributed by atoms with Crippen LogP contribution in [0.1, 0.15) is 32.1 Å². The van der Waals surface area contributed by atoms with Gasteiger partial charge in [0.05, 0.1) is 23.2 Å². The van der Waals surface area contributed by atoms with E-state index in [0.717, 1.165) is 31.8 Å². The summed E-state index contributed by atoms with van der Waals surface area (Å²) >= 11 is 0. The zero-order valence-corrected chi connectivity index (χ0v) is 14.7. The molecule has 5 nitrogen and oxygen atoms in total. The second-order valence-corrected chi connectivity index (χ2v) is 9.29. The lowest BCUT2D eigenvalue weighted by Crippen LogP contribution is -2.50. The lowest BCUT2D eigenvalue weighted by molar-refractivity contribution is -0.0357. The average Bonchev–Trinajstić information content (AvgIpc) is 3.36. The van der Waals surface area contributed by atoms with E-state index >= 15 is 0 Å². The third-order valence-electron chi connectivity index (χ3n) is 5.33. The van der Waals surface area contributed by atoms with Crippen LogP contribution in [0.3, 0.4) is 0 Å². The van der Waals surface area contributed by atoms with Gasteiger partial charge < -0.3 is 9.47 Å². The second-order valence-electron chi connectivity index (χ2n) is 7.35. The van der Waals surface area contributed by atoms with Crippen molar-refractivity contribution in [1.29, 1.82) is 0 Å². The van der Waals surface area contributed by atoms with Gasteiger partial charge in [0.15, 0.2) is 0 Å². The van der Waals surface area contributed by atoms with Gasteiger partial charge in [0.2, 0.25) is 10.0 Å². The quantitative estimate of drug-likeness (QED) is 0.817. The monoisotopic (exact) mass is 351 g/mol. The molecule has 2 saturated heterocycles. The van der Waals surface area contributed by atoms with E-state index in [9.17, 15) is 8.42 Å². The van der Waals surface area contributed by atoms with Crippen LogP contribution in [0.2, 0.25) is 0 Å². The molecule has 2 atom stereocenters. The standard InChI is InChI=1S/C18H25NO4S/c20-24(21,17-5-2-1-3-6-17)19-10-4-9-18(14-19)11-16(13-23-18)22-12-15-7-8-15/h1-3,5-6,15-16H,4,7-14H2/t16-,18+/m1/s1. The lowest BCUT2D eigenvalue weighted by Gasteiger charge is -2.38. The predicted molar refractivity (Wildman–Crippen MR) is 90.2 cm³/mol. The molecule has 1 spiro atoms. The SMILES string of the molecule is O=S(=O)(c1ccccc1)N1CCC[C@]2(C[C@@H](OCC3CC3)CO2)C1. The van der Waals surface area contributed by atoms with Gasteiger partial charge in [-0.3, -0.25) is 0 Å². The van der Waals surface area contributed by atoms with Crippen LogP contribution in [0, 0.1) is 5.92 Å². The van der Waals surface area contributed by atoms with E-state index in [-0.39, 0.29) is 11.7 Å². The van der Waals surface area contributed by atoms with Crippen molar-refractivity contribution in [1.82, 2.24) is 4.31 Å². The van der Waals surface area contributed by atoms with E-state index in [2.05, 4.69) is 0 Å². The van der Waals surface area contributed by atoms with Gasteiger partial charge in [0.25, 0.3) is 0 Å². The molecule has 0 N–H and O–H groups in total. The number of piperidine rings is 1. The Kier molecular flexibility index (Phi) is 4.41. The minimum absolute atomic E-state index is 0.116. The highest BCUT2D eigenvalue weighted by Gasteiger charge is 2.46. The molecule has 2 heterocycles. The molecule has 1 aromatic rings. The van der Waals surface area contributed by atoms with Gasteiger partial charge in [-0.15, -0.1) is 0 Å². The van der Waals surface area contributed by atoms with Gasteiger partial charge in [0.1, 0.15) is 0 Å². The van der Waals surface area contributed by atoms with Crippen LogP contribution in [-0.4, -0.2) is 50.7 Å². The normalized spacial score (nSPS) is 31.6. The topological polar surface area (TPSA) is 55.8 Å². The van der Waals surface area contributed by atoms with Crippen molar-refractivity contribution in [2.75, 3.05) is 26.3 Å². The maximum absolute atomic E-state index is 12.9. The third kappa shape index (κ3) is 3.38. The molecule has 1 saturated carbocycles. The Morgan fingerprint density at radius 2 is 2.04 bits per heavy atom. The van der Waals surface area contributed by atoms with E-state index < -0.39 is 10.0 Å². The molecule has 6 heteroatoms. The number of hydrogen-bond donors (Lipinski definition) is 0. The van der Waals surface area contributed by atoms with Crippen LogP contribution in [0.25, 0.3) is 0 Å². The minimum Gasteiger partial charge on any atom is -0.375 e. The Balaban J connectivity index is 1.44. The van der Waals surface area contributed by atoms with E-state index in [1.54, 1.807) is 28.6 Å². The first-order chi connectivity index (χ1) is 11.6. The van der Waals surface area contributed by atoms with Crippen molar-refractivity contribution in [3.05, 3.63) is 30.3 Å². The summed E-state index contributed by atoms with van der Waals surface area (Å²) < 4.78 is 39.4. The maximum atomic E-state index is 12.9. The van der Waals surface area contributed by atoms with E-state index in [1.807, 2.05) is 6.07 Å². The van der Waals surface area contributed by atoms with Gasteiger partial charge in [-0.2, -0.15) is 4.31 Å². The van der Waals surface area contributed by atoms with Crippen LogP contribution in [0.15, 0.2) is 35.2 Å². The first-order valence-electron chi connectivity index (χ1n) is 8.88. The van der Waals surface area contributed by atoms with Crippen LogP contribution in [-0.2, 0) is 19.5 Å². The Labute approximate surface area is 144 Å². The summed E-state index contributed by atoms with van der Waals surface area (Å²) in [6.45, 7) is 2.42. The number of ether oxygens (including phenoxy) is 2. The fraction of sp³-hybridized carbons (Fsp3) is 0.667.